The predicted octanol–water partition coefficient (Wildman–Crippen LogP) is 4.40. The number of methoxy groups -OCH3 is 3. The zero-order chi connectivity index (χ0) is 21.9. The summed E-state index contributed by atoms with van der Waals surface area (Å²) in [6.45, 7) is 3.49. The fraction of sp³-hybridized carbons (Fsp3) is 0.304. The summed E-state index contributed by atoms with van der Waals surface area (Å²) in [6.07, 6.45) is -0.963. The van der Waals surface area contributed by atoms with E-state index >= 15 is 0 Å². The number of ether oxygens (including phenoxy) is 3. The Balaban J connectivity index is 1.98. The Labute approximate surface area is 177 Å². The zero-order valence-electron chi connectivity index (χ0n) is 17.7. The molecule has 0 aromatic heterocycles. The molecule has 7 heteroatoms. The summed E-state index contributed by atoms with van der Waals surface area (Å²) >= 11 is 0. The molecule has 3 rings (SSSR count). The lowest BCUT2D eigenvalue weighted by atomic mass is 9.97. The fourth-order valence-electron chi connectivity index (χ4n) is 3.47. The maximum Gasteiger partial charge on any atom is 0.297 e. The van der Waals surface area contributed by atoms with Crippen LogP contribution in [-0.2, 0) is 29.6 Å². The lowest BCUT2D eigenvalue weighted by Gasteiger charge is -2.36. The van der Waals surface area contributed by atoms with E-state index in [0.29, 0.717) is 5.56 Å². The van der Waals surface area contributed by atoms with Crippen molar-refractivity contribution in [2.24, 2.45) is 0 Å². The molecule has 0 aliphatic carbocycles. The van der Waals surface area contributed by atoms with Crippen LogP contribution in [0.4, 0.5) is 0 Å². The van der Waals surface area contributed by atoms with Crippen LogP contribution >= 0.6 is 0 Å². The van der Waals surface area contributed by atoms with Crippen molar-refractivity contribution in [2.75, 3.05) is 21.3 Å². The minimum atomic E-state index is -4.02. The van der Waals surface area contributed by atoms with Crippen LogP contribution in [0.2, 0.25) is 0 Å². The fourth-order valence-corrected chi connectivity index (χ4v) is 4.55. The molecule has 30 heavy (non-hydrogen) atoms. The summed E-state index contributed by atoms with van der Waals surface area (Å²) in [5, 5.41) is 1.90. The van der Waals surface area contributed by atoms with Crippen LogP contribution < -0.4 is 4.74 Å². The highest BCUT2D eigenvalue weighted by Gasteiger charge is 2.42. The van der Waals surface area contributed by atoms with Crippen molar-refractivity contribution in [3.8, 4) is 5.75 Å². The first-order valence-corrected chi connectivity index (χ1v) is 10.8. The molecular weight excluding hydrogens is 404 g/mol. The number of aryl methyl sites for hydroxylation is 1. The van der Waals surface area contributed by atoms with Gasteiger partial charge < -0.3 is 14.2 Å². The number of benzene rings is 3. The van der Waals surface area contributed by atoms with E-state index in [0.717, 1.165) is 22.1 Å². The second kappa shape index (κ2) is 8.73. The van der Waals surface area contributed by atoms with Crippen molar-refractivity contribution >= 4 is 20.9 Å². The largest absolute Gasteiger partial charge is 0.497 e. The molecule has 0 saturated carbocycles. The molecule has 6 nitrogen and oxygen atoms in total. The molecule has 0 saturated heterocycles. The minimum Gasteiger partial charge on any atom is -0.497 e. The Hall–Kier alpha value is -2.45. The van der Waals surface area contributed by atoms with Gasteiger partial charge in [0.15, 0.2) is 0 Å². The molecule has 0 fully saturated rings. The second-order valence-electron chi connectivity index (χ2n) is 7.01. The third-order valence-corrected chi connectivity index (χ3v) is 6.56. The number of hydrogen-bond acceptors (Lipinski definition) is 6. The van der Waals surface area contributed by atoms with Gasteiger partial charge in [-0.1, -0.05) is 35.9 Å². The lowest BCUT2D eigenvalue weighted by molar-refractivity contribution is -0.257. The normalized spacial score (nSPS) is 13.4. The first-order valence-electron chi connectivity index (χ1n) is 9.44. The van der Waals surface area contributed by atoms with Crippen LogP contribution in [-0.4, -0.2) is 35.9 Å². The third-order valence-electron chi connectivity index (χ3n) is 5.17. The molecule has 0 unspecified atom stereocenters. The molecule has 3 aromatic rings. The van der Waals surface area contributed by atoms with E-state index in [1.807, 2.05) is 43.3 Å². The van der Waals surface area contributed by atoms with Crippen LogP contribution in [0, 0.1) is 6.92 Å². The average Bonchev–Trinajstić information content (AvgIpc) is 2.74. The van der Waals surface area contributed by atoms with E-state index in [4.69, 9.17) is 18.4 Å². The molecule has 1 atom stereocenters. The van der Waals surface area contributed by atoms with Crippen LogP contribution in [0.25, 0.3) is 10.8 Å². The molecule has 0 radical (unpaired) electrons. The van der Waals surface area contributed by atoms with E-state index in [9.17, 15) is 8.42 Å². The van der Waals surface area contributed by atoms with Gasteiger partial charge in [0.2, 0.25) is 5.79 Å². The monoisotopic (exact) mass is 430 g/mol. The molecule has 0 spiro atoms. The summed E-state index contributed by atoms with van der Waals surface area (Å²) in [4.78, 5) is 0.0756. The van der Waals surface area contributed by atoms with Gasteiger partial charge in [-0.15, -0.1) is 0 Å². The molecule has 0 N–H and O–H groups in total. The van der Waals surface area contributed by atoms with E-state index in [1.165, 1.54) is 26.4 Å². The van der Waals surface area contributed by atoms with Crippen molar-refractivity contribution < 1.29 is 26.8 Å². The van der Waals surface area contributed by atoms with Crippen LogP contribution in [0.5, 0.6) is 5.75 Å². The highest BCUT2D eigenvalue weighted by Crippen LogP contribution is 2.35. The highest BCUT2D eigenvalue weighted by atomic mass is 32.2. The van der Waals surface area contributed by atoms with E-state index < -0.39 is 22.0 Å². The lowest BCUT2D eigenvalue weighted by Crippen LogP contribution is -2.44. The maximum atomic E-state index is 12.8. The number of rotatable bonds is 8. The summed E-state index contributed by atoms with van der Waals surface area (Å²) < 4.78 is 47.8. The maximum absolute atomic E-state index is 12.8. The minimum absolute atomic E-state index is 0.0756. The van der Waals surface area contributed by atoms with Crippen LogP contribution in [0.3, 0.4) is 0 Å². The molecule has 0 aliphatic rings. The van der Waals surface area contributed by atoms with Crippen molar-refractivity contribution in [3.05, 3.63) is 71.8 Å². The number of fused-ring (bicyclic) bond motifs is 1. The third kappa shape index (κ3) is 4.20. The summed E-state index contributed by atoms with van der Waals surface area (Å²) in [7, 11) is 0.516. The van der Waals surface area contributed by atoms with Crippen molar-refractivity contribution in [1.82, 2.24) is 0 Å². The van der Waals surface area contributed by atoms with Gasteiger partial charge in [0, 0.05) is 19.8 Å². The van der Waals surface area contributed by atoms with Crippen molar-refractivity contribution in [3.63, 3.8) is 0 Å². The smallest absolute Gasteiger partial charge is 0.297 e. The Bertz CT molecular complexity index is 1120. The van der Waals surface area contributed by atoms with Gasteiger partial charge >= 0.3 is 0 Å². The van der Waals surface area contributed by atoms with Gasteiger partial charge in [-0.25, -0.2) is 0 Å². The van der Waals surface area contributed by atoms with E-state index in [1.54, 1.807) is 26.2 Å². The first kappa shape index (κ1) is 22.2. The summed E-state index contributed by atoms with van der Waals surface area (Å²) in [5.74, 6) is -0.674. The van der Waals surface area contributed by atoms with Crippen molar-refractivity contribution in [1.29, 1.82) is 0 Å². The van der Waals surface area contributed by atoms with Crippen LogP contribution in [0.1, 0.15) is 18.1 Å². The number of hydrogen-bond donors (Lipinski definition) is 0. The SMILES string of the molecule is COc1ccc2cc(C(OC)(OC)[C@H](C)OS(=O)(=O)c3ccc(C)cc3)ccc2c1. The quantitative estimate of drug-likeness (QED) is 0.390. The Kier molecular flexibility index (Phi) is 6.47. The second-order valence-corrected chi connectivity index (χ2v) is 8.58. The predicted molar refractivity (Wildman–Crippen MR) is 115 cm³/mol. The van der Waals surface area contributed by atoms with Gasteiger partial charge in [-0.05, 0) is 55.0 Å². The topological polar surface area (TPSA) is 71.1 Å². The Morgan fingerprint density at radius 2 is 1.43 bits per heavy atom. The molecule has 0 amide bonds. The summed E-state index contributed by atoms with van der Waals surface area (Å²) in [6, 6.07) is 17.8. The van der Waals surface area contributed by atoms with Gasteiger partial charge in [-0.3, -0.25) is 4.18 Å². The molecule has 160 valence electrons. The van der Waals surface area contributed by atoms with E-state index in [2.05, 4.69) is 0 Å². The Morgan fingerprint density at radius 1 is 0.833 bits per heavy atom. The first-order chi connectivity index (χ1) is 14.3. The van der Waals surface area contributed by atoms with Crippen LogP contribution in [0.15, 0.2) is 65.6 Å². The zero-order valence-corrected chi connectivity index (χ0v) is 18.5. The summed E-state index contributed by atoms with van der Waals surface area (Å²) in [5.41, 5.74) is 1.59. The molecule has 3 aromatic carbocycles. The van der Waals surface area contributed by atoms with Gasteiger partial charge in [-0.2, -0.15) is 8.42 Å². The molecule has 0 heterocycles. The molecular formula is C23H26O6S. The Morgan fingerprint density at radius 3 is 2.03 bits per heavy atom. The molecule has 0 bridgehead atoms. The van der Waals surface area contributed by atoms with Gasteiger partial charge in [0.1, 0.15) is 11.9 Å². The highest BCUT2D eigenvalue weighted by molar-refractivity contribution is 7.86. The van der Waals surface area contributed by atoms with Gasteiger partial charge in [0.25, 0.3) is 10.1 Å². The standard InChI is InChI=1S/C23H26O6S/c1-16-6-12-22(13-7-16)30(24,25)29-17(2)23(27-4,28-5)20-10-8-19-15-21(26-3)11-9-18(19)14-20/h6-15,17H,1-5H3/t17-/m0/s1. The average molecular weight is 431 g/mol. The van der Waals surface area contributed by atoms with Gasteiger partial charge in [0.05, 0.1) is 12.0 Å². The van der Waals surface area contributed by atoms with E-state index in [-0.39, 0.29) is 4.90 Å². The molecule has 0 aliphatic heterocycles. The van der Waals surface area contributed by atoms with Crippen molar-refractivity contribution in [2.45, 2.75) is 30.6 Å².